The van der Waals surface area contributed by atoms with Crippen molar-refractivity contribution in [3.05, 3.63) is 48.0 Å². The molecule has 0 bridgehead atoms. The topological polar surface area (TPSA) is 66.9 Å². The maximum absolute atomic E-state index is 13.4. The van der Waals surface area contributed by atoms with Gasteiger partial charge in [-0.15, -0.1) is 0 Å². The van der Waals surface area contributed by atoms with Crippen LogP contribution >= 0.6 is 0 Å². The molecule has 2 aromatic rings. The van der Waals surface area contributed by atoms with E-state index < -0.39 is 10.0 Å². The molecule has 0 saturated carbocycles. The summed E-state index contributed by atoms with van der Waals surface area (Å²) in [6.07, 6.45) is 1.20. The molecule has 27 heavy (non-hydrogen) atoms. The van der Waals surface area contributed by atoms with Crippen LogP contribution in [0.25, 0.3) is 0 Å². The van der Waals surface area contributed by atoms with E-state index in [1.54, 1.807) is 35.2 Å². The van der Waals surface area contributed by atoms with Crippen LogP contribution in [0.5, 0.6) is 5.75 Å². The lowest BCUT2D eigenvalue weighted by Crippen LogP contribution is -2.43. The summed E-state index contributed by atoms with van der Waals surface area (Å²) in [6, 6.07) is 12.2. The zero-order valence-electron chi connectivity index (χ0n) is 15.4. The standard InChI is InChI=1S/C20H22N2O4S/c1-3-16-13-22(19-6-4-5-7-20(19)26-16)27(24,25)17-8-9-18-15(12-17)10-11-21(18)14(2)23/h4-9,12,16H,3,10-11,13H2,1-2H3. The maximum Gasteiger partial charge on any atom is 0.264 e. The van der Waals surface area contributed by atoms with E-state index in [1.807, 2.05) is 19.1 Å². The Bertz CT molecular complexity index is 1000. The van der Waals surface area contributed by atoms with Crippen LogP contribution in [0.3, 0.4) is 0 Å². The molecule has 0 aromatic heterocycles. The van der Waals surface area contributed by atoms with Gasteiger partial charge in [-0.25, -0.2) is 8.42 Å². The Morgan fingerprint density at radius 3 is 2.70 bits per heavy atom. The van der Waals surface area contributed by atoms with Gasteiger partial charge in [-0.1, -0.05) is 19.1 Å². The fourth-order valence-corrected chi connectivity index (χ4v) is 5.25. The van der Waals surface area contributed by atoms with Crippen molar-refractivity contribution < 1.29 is 17.9 Å². The SMILES string of the molecule is CCC1CN(S(=O)(=O)c2ccc3c(c2)CCN3C(C)=O)c2ccccc2O1. The van der Waals surface area contributed by atoms with Crippen molar-refractivity contribution in [2.45, 2.75) is 37.7 Å². The lowest BCUT2D eigenvalue weighted by molar-refractivity contribution is -0.116. The normalized spacial score (nSPS) is 18.7. The summed E-state index contributed by atoms with van der Waals surface area (Å²) in [7, 11) is -3.73. The third-order valence-electron chi connectivity index (χ3n) is 5.17. The van der Waals surface area contributed by atoms with E-state index in [1.165, 1.54) is 11.2 Å². The first-order chi connectivity index (χ1) is 12.9. The molecule has 1 unspecified atom stereocenters. The molecule has 0 radical (unpaired) electrons. The molecule has 2 aromatic carbocycles. The highest BCUT2D eigenvalue weighted by atomic mass is 32.2. The Hall–Kier alpha value is -2.54. The minimum absolute atomic E-state index is 0.0303. The zero-order chi connectivity index (χ0) is 19.2. The van der Waals surface area contributed by atoms with Gasteiger partial charge in [-0.05, 0) is 48.7 Å². The number of benzene rings is 2. The highest BCUT2D eigenvalue weighted by molar-refractivity contribution is 7.92. The molecule has 1 amide bonds. The van der Waals surface area contributed by atoms with Gasteiger partial charge >= 0.3 is 0 Å². The van der Waals surface area contributed by atoms with Crippen LogP contribution in [0.1, 0.15) is 25.8 Å². The van der Waals surface area contributed by atoms with Crippen LogP contribution in [0.15, 0.2) is 47.4 Å². The lowest BCUT2D eigenvalue weighted by Gasteiger charge is -2.35. The predicted octanol–water partition coefficient (Wildman–Crippen LogP) is 2.96. The lowest BCUT2D eigenvalue weighted by atomic mass is 10.2. The molecule has 2 heterocycles. The molecule has 0 spiro atoms. The fraction of sp³-hybridized carbons (Fsp3) is 0.350. The van der Waals surface area contributed by atoms with E-state index in [0.29, 0.717) is 24.4 Å². The average molecular weight is 386 g/mol. The van der Waals surface area contributed by atoms with Gasteiger partial charge in [0.25, 0.3) is 10.0 Å². The van der Waals surface area contributed by atoms with Crippen LogP contribution < -0.4 is 13.9 Å². The second-order valence-electron chi connectivity index (χ2n) is 6.86. The number of carbonyl (C=O) groups excluding carboxylic acids is 1. The average Bonchev–Trinajstić information content (AvgIpc) is 3.10. The molecular formula is C20H22N2O4S. The van der Waals surface area contributed by atoms with Gasteiger partial charge in [0.15, 0.2) is 0 Å². The molecule has 1 atom stereocenters. The first kappa shape index (κ1) is 17.9. The molecule has 2 aliphatic heterocycles. The quantitative estimate of drug-likeness (QED) is 0.813. The van der Waals surface area contributed by atoms with Crippen LogP contribution in [0, 0.1) is 0 Å². The smallest absolute Gasteiger partial charge is 0.264 e. The Morgan fingerprint density at radius 1 is 1.19 bits per heavy atom. The van der Waals surface area contributed by atoms with Crippen LogP contribution in [0.4, 0.5) is 11.4 Å². The minimum atomic E-state index is -3.73. The Kier molecular flexibility index (Phi) is 4.34. The van der Waals surface area contributed by atoms with Gasteiger partial charge in [0.05, 0.1) is 17.1 Å². The monoisotopic (exact) mass is 386 g/mol. The molecule has 0 saturated heterocycles. The molecule has 0 N–H and O–H groups in total. The third-order valence-corrected chi connectivity index (χ3v) is 6.94. The van der Waals surface area contributed by atoms with Gasteiger partial charge in [-0.3, -0.25) is 9.10 Å². The number of sulfonamides is 1. The first-order valence-electron chi connectivity index (χ1n) is 9.11. The van der Waals surface area contributed by atoms with E-state index in [4.69, 9.17) is 4.74 Å². The summed E-state index contributed by atoms with van der Waals surface area (Å²) >= 11 is 0. The molecule has 142 valence electrons. The number of amides is 1. The minimum Gasteiger partial charge on any atom is -0.486 e. The number of hydrogen-bond acceptors (Lipinski definition) is 4. The summed E-state index contributed by atoms with van der Waals surface area (Å²) in [6.45, 7) is 4.38. The van der Waals surface area contributed by atoms with Crippen LogP contribution in [0.2, 0.25) is 0 Å². The number of nitrogens with zero attached hydrogens (tertiary/aromatic N) is 2. The number of carbonyl (C=O) groups is 1. The number of fused-ring (bicyclic) bond motifs is 2. The second kappa shape index (κ2) is 6.56. The number of para-hydroxylation sites is 2. The summed E-state index contributed by atoms with van der Waals surface area (Å²) in [4.78, 5) is 13.7. The van der Waals surface area contributed by atoms with Gasteiger partial charge < -0.3 is 9.64 Å². The van der Waals surface area contributed by atoms with Crippen molar-refractivity contribution in [2.75, 3.05) is 22.3 Å². The highest BCUT2D eigenvalue weighted by Crippen LogP contribution is 2.38. The summed E-state index contributed by atoms with van der Waals surface area (Å²) < 4.78 is 34.2. The molecule has 0 fully saturated rings. The van der Waals surface area contributed by atoms with Crippen LogP contribution in [-0.2, 0) is 21.2 Å². The van der Waals surface area contributed by atoms with Crippen molar-refractivity contribution in [3.63, 3.8) is 0 Å². The number of ether oxygens (including phenoxy) is 1. The van der Waals surface area contributed by atoms with Gasteiger partial charge in [0.2, 0.25) is 5.91 Å². The molecule has 7 heteroatoms. The van der Waals surface area contributed by atoms with Crippen LogP contribution in [-0.4, -0.2) is 33.5 Å². The van der Waals surface area contributed by atoms with E-state index in [2.05, 4.69) is 0 Å². The number of hydrogen-bond donors (Lipinski definition) is 0. The molecule has 4 rings (SSSR count). The third kappa shape index (κ3) is 2.96. The fourth-order valence-electron chi connectivity index (χ4n) is 3.70. The van der Waals surface area contributed by atoms with E-state index in [9.17, 15) is 13.2 Å². The van der Waals surface area contributed by atoms with Gasteiger partial charge in [-0.2, -0.15) is 0 Å². The zero-order valence-corrected chi connectivity index (χ0v) is 16.2. The summed E-state index contributed by atoms with van der Waals surface area (Å²) in [5.74, 6) is 0.556. The number of rotatable bonds is 3. The Morgan fingerprint density at radius 2 is 1.96 bits per heavy atom. The van der Waals surface area contributed by atoms with Gasteiger partial charge in [0, 0.05) is 19.2 Å². The molecule has 2 aliphatic rings. The number of anilines is 2. The van der Waals surface area contributed by atoms with E-state index in [-0.39, 0.29) is 23.5 Å². The summed E-state index contributed by atoms with van der Waals surface area (Å²) in [5, 5.41) is 0. The molecule has 6 nitrogen and oxygen atoms in total. The maximum atomic E-state index is 13.4. The highest BCUT2D eigenvalue weighted by Gasteiger charge is 2.34. The Balaban J connectivity index is 1.75. The van der Waals surface area contributed by atoms with E-state index in [0.717, 1.165) is 17.7 Å². The van der Waals surface area contributed by atoms with Crippen molar-refractivity contribution in [2.24, 2.45) is 0 Å². The van der Waals surface area contributed by atoms with Gasteiger partial charge in [0.1, 0.15) is 11.9 Å². The second-order valence-corrected chi connectivity index (χ2v) is 8.73. The van der Waals surface area contributed by atoms with Crippen molar-refractivity contribution in [1.82, 2.24) is 0 Å². The summed E-state index contributed by atoms with van der Waals surface area (Å²) in [5.41, 5.74) is 2.25. The Labute approximate surface area is 159 Å². The van der Waals surface area contributed by atoms with Crippen molar-refractivity contribution >= 4 is 27.3 Å². The largest absolute Gasteiger partial charge is 0.486 e. The predicted molar refractivity (Wildman–Crippen MR) is 104 cm³/mol. The molecular weight excluding hydrogens is 364 g/mol. The van der Waals surface area contributed by atoms with Crippen molar-refractivity contribution in [1.29, 1.82) is 0 Å². The van der Waals surface area contributed by atoms with Crippen molar-refractivity contribution in [3.8, 4) is 5.75 Å². The molecule has 0 aliphatic carbocycles. The first-order valence-corrected chi connectivity index (χ1v) is 10.5. The van der Waals surface area contributed by atoms with E-state index >= 15 is 0 Å².